The van der Waals surface area contributed by atoms with Gasteiger partial charge in [-0.25, -0.2) is 4.79 Å². The van der Waals surface area contributed by atoms with Gasteiger partial charge in [-0.15, -0.1) is 0 Å². The van der Waals surface area contributed by atoms with Crippen LogP contribution in [-0.4, -0.2) is 18.7 Å². The minimum atomic E-state index is -0.387. The zero-order valence-corrected chi connectivity index (χ0v) is 19.8. The van der Waals surface area contributed by atoms with Gasteiger partial charge in [0, 0.05) is 0 Å². The van der Waals surface area contributed by atoms with Crippen LogP contribution < -0.4 is 14.2 Å². The smallest absolute Gasteiger partial charge is 0.343 e. The zero-order chi connectivity index (χ0) is 23.0. The third-order valence-corrected chi connectivity index (χ3v) is 5.20. The van der Waals surface area contributed by atoms with Crippen LogP contribution in [0.5, 0.6) is 17.2 Å². The number of hydrogen-bond donors (Lipinski definition) is 0. The van der Waals surface area contributed by atoms with Gasteiger partial charge in [-0.2, -0.15) is 0 Å². The van der Waals surface area contributed by atoms with Crippen LogP contribution in [0.4, 0.5) is 0 Å². The van der Waals surface area contributed by atoms with E-state index < -0.39 is 0 Å². The van der Waals surface area contributed by atoms with Crippen molar-refractivity contribution < 1.29 is 19.0 Å². The first-order valence-electron chi connectivity index (χ1n) is 11.9. The van der Waals surface area contributed by atoms with Gasteiger partial charge >= 0.3 is 5.97 Å². The number of esters is 1. The molecule has 0 aromatic heterocycles. The number of carbonyl (C=O) groups excluding carboxylic acids is 1. The second-order valence-corrected chi connectivity index (χ2v) is 8.08. The maximum absolute atomic E-state index is 12.4. The Morgan fingerprint density at radius 1 is 0.875 bits per heavy atom. The van der Waals surface area contributed by atoms with Gasteiger partial charge < -0.3 is 14.2 Å². The van der Waals surface area contributed by atoms with Crippen molar-refractivity contribution in [2.24, 2.45) is 0 Å². The zero-order valence-electron chi connectivity index (χ0n) is 19.8. The second kappa shape index (κ2) is 15.1. The molecule has 2 aromatic rings. The van der Waals surface area contributed by atoms with Gasteiger partial charge in [0.1, 0.15) is 17.2 Å². The predicted octanol–water partition coefficient (Wildman–Crippen LogP) is 7.77. The largest absolute Gasteiger partial charge is 0.494 e. The van der Waals surface area contributed by atoms with Gasteiger partial charge in [-0.05, 0) is 94.5 Å². The lowest BCUT2D eigenvalue weighted by Crippen LogP contribution is -2.12. The number of allylic oxidation sites excluding steroid dienone is 2. The molecule has 32 heavy (non-hydrogen) atoms. The average Bonchev–Trinajstić information content (AvgIpc) is 2.80. The van der Waals surface area contributed by atoms with E-state index in [-0.39, 0.29) is 12.1 Å². The molecule has 0 heterocycles. The van der Waals surface area contributed by atoms with Crippen LogP contribution in [0.1, 0.15) is 82.5 Å². The number of hydrogen-bond acceptors (Lipinski definition) is 4. The molecule has 0 spiro atoms. The van der Waals surface area contributed by atoms with Crippen molar-refractivity contribution in [3.63, 3.8) is 0 Å². The maximum atomic E-state index is 12.4. The Morgan fingerprint density at radius 2 is 1.56 bits per heavy atom. The normalized spacial score (nSPS) is 12.0. The highest BCUT2D eigenvalue weighted by Crippen LogP contribution is 2.21. The highest BCUT2D eigenvalue weighted by Gasteiger charge is 2.10. The molecule has 0 N–H and O–H groups in total. The van der Waals surface area contributed by atoms with Crippen LogP contribution in [0.15, 0.2) is 60.7 Å². The Labute approximate surface area is 193 Å². The van der Waals surface area contributed by atoms with E-state index in [1.807, 2.05) is 31.2 Å². The molecule has 0 radical (unpaired) electrons. The number of carbonyl (C=O) groups is 1. The van der Waals surface area contributed by atoms with E-state index in [1.54, 1.807) is 24.3 Å². The highest BCUT2D eigenvalue weighted by atomic mass is 16.5. The van der Waals surface area contributed by atoms with E-state index in [0.717, 1.165) is 37.2 Å². The van der Waals surface area contributed by atoms with E-state index in [1.165, 1.54) is 25.7 Å². The van der Waals surface area contributed by atoms with Crippen molar-refractivity contribution in [2.75, 3.05) is 6.61 Å². The monoisotopic (exact) mass is 438 g/mol. The van der Waals surface area contributed by atoms with Gasteiger partial charge in [0.15, 0.2) is 0 Å². The molecule has 0 saturated heterocycles. The number of benzene rings is 2. The Hall–Kier alpha value is -2.75. The molecule has 0 fully saturated rings. The lowest BCUT2D eigenvalue weighted by atomic mass is 10.1. The van der Waals surface area contributed by atoms with E-state index in [4.69, 9.17) is 14.2 Å². The fourth-order valence-corrected chi connectivity index (χ4v) is 3.31. The molecule has 0 bridgehead atoms. The molecule has 2 aromatic carbocycles. The molecular formula is C28H38O4. The molecular weight excluding hydrogens is 400 g/mol. The standard InChI is InChI=1S/C28H38O4/c1-4-6-8-10-12-22-30-25-18-20-27(21-19-25)32-28(29)24-14-16-26(17-15-24)31-23(3)13-11-9-7-5-2/h4,6,14-21,23H,5,7-13,22H2,1-3H3/b6-4-/t23-/m0/s1. The Balaban J connectivity index is 1.75. The van der Waals surface area contributed by atoms with E-state index in [2.05, 4.69) is 26.0 Å². The summed E-state index contributed by atoms with van der Waals surface area (Å²) in [6.45, 7) is 7.02. The van der Waals surface area contributed by atoms with Crippen molar-refractivity contribution in [1.29, 1.82) is 0 Å². The van der Waals surface area contributed by atoms with Crippen molar-refractivity contribution in [3.05, 3.63) is 66.2 Å². The fraction of sp³-hybridized carbons (Fsp3) is 0.464. The summed E-state index contributed by atoms with van der Waals surface area (Å²) in [5.74, 6) is 1.66. The van der Waals surface area contributed by atoms with Crippen LogP contribution >= 0.6 is 0 Å². The van der Waals surface area contributed by atoms with E-state index in [0.29, 0.717) is 17.9 Å². The third-order valence-electron chi connectivity index (χ3n) is 5.20. The summed E-state index contributed by atoms with van der Waals surface area (Å²) in [6.07, 6.45) is 13.6. The summed E-state index contributed by atoms with van der Waals surface area (Å²) in [7, 11) is 0. The van der Waals surface area contributed by atoms with Crippen LogP contribution in [0.25, 0.3) is 0 Å². The highest BCUT2D eigenvalue weighted by molar-refractivity contribution is 5.91. The molecule has 4 nitrogen and oxygen atoms in total. The van der Waals surface area contributed by atoms with Crippen LogP contribution in [0.3, 0.4) is 0 Å². The van der Waals surface area contributed by atoms with Crippen LogP contribution in [-0.2, 0) is 0 Å². The maximum Gasteiger partial charge on any atom is 0.343 e. The minimum absolute atomic E-state index is 0.165. The molecule has 0 aliphatic rings. The average molecular weight is 439 g/mol. The van der Waals surface area contributed by atoms with Crippen molar-refractivity contribution in [1.82, 2.24) is 0 Å². The predicted molar refractivity (Wildman–Crippen MR) is 131 cm³/mol. The van der Waals surface area contributed by atoms with Gasteiger partial charge in [0.25, 0.3) is 0 Å². The SMILES string of the molecule is C/C=C\CCCCOc1ccc(OC(=O)c2ccc(O[C@@H](C)CCCCCC)cc2)cc1. The molecule has 0 amide bonds. The van der Waals surface area contributed by atoms with Gasteiger partial charge in [-0.1, -0.05) is 38.3 Å². The van der Waals surface area contributed by atoms with Gasteiger partial charge in [0.05, 0.1) is 18.3 Å². The third kappa shape index (κ3) is 10.0. The van der Waals surface area contributed by atoms with E-state index >= 15 is 0 Å². The molecule has 0 aliphatic heterocycles. The van der Waals surface area contributed by atoms with Crippen molar-refractivity contribution in [3.8, 4) is 17.2 Å². The van der Waals surface area contributed by atoms with Gasteiger partial charge in [-0.3, -0.25) is 0 Å². The first-order valence-corrected chi connectivity index (χ1v) is 11.9. The summed E-state index contributed by atoms with van der Waals surface area (Å²) in [5, 5.41) is 0. The summed E-state index contributed by atoms with van der Waals surface area (Å²) >= 11 is 0. The fourth-order valence-electron chi connectivity index (χ4n) is 3.31. The summed E-state index contributed by atoms with van der Waals surface area (Å²) < 4.78 is 17.2. The van der Waals surface area contributed by atoms with Gasteiger partial charge in [0.2, 0.25) is 0 Å². The van der Waals surface area contributed by atoms with E-state index in [9.17, 15) is 4.79 Å². The molecule has 1 atom stereocenters. The lowest BCUT2D eigenvalue weighted by molar-refractivity contribution is 0.0734. The summed E-state index contributed by atoms with van der Waals surface area (Å²) in [6, 6.07) is 14.3. The van der Waals surface area contributed by atoms with Crippen LogP contribution in [0, 0.1) is 0 Å². The molecule has 2 rings (SSSR count). The topological polar surface area (TPSA) is 44.8 Å². The quantitative estimate of drug-likeness (QED) is 0.123. The summed E-state index contributed by atoms with van der Waals surface area (Å²) in [4.78, 5) is 12.4. The molecule has 0 saturated carbocycles. The first kappa shape index (κ1) is 25.5. The van der Waals surface area contributed by atoms with Crippen molar-refractivity contribution in [2.45, 2.75) is 78.2 Å². The number of ether oxygens (including phenoxy) is 3. The molecule has 0 unspecified atom stereocenters. The molecule has 174 valence electrons. The number of rotatable bonds is 15. The Kier molecular flexibility index (Phi) is 12.1. The van der Waals surface area contributed by atoms with Crippen molar-refractivity contribution >= 4 is 5.97 Å². The van der Waals surface area contributed by atoms with Crippen LogP contribution in [0.2, 0.25) is 0 Å². The first-order chi connectivity index (χ1) is 15.6. The lowest BCUT2D eigenvalue weighted by Gasteiger charge is -2.14. The molecule has 4 heteroatoms. The number of unbranched alkanes of at least 4 members (excludes halogenated alkanes) is 5. The Bertz CT molecular complexity index is 793. The Morgan fingerprint density at radius 3 is 2.25 bits per heavy atom. The summed E-state index contributed by atoms with van der Waals surface area (Å²) in [5.41, 5.74) is 0.495. The second-order valence-electron chi connectivity index (χ2n) is 8.08. The molecule has 0 aliphatic carbocycles. The minimum Gasteiger partial charge on any atom is -0.494 e.